The summed E-state index contributed by atoms with van der Waals surface area (Å²) in [5, 5.41) is 6.86. The van der Waals surface area contributed by atoms with E-state index in [4.69, 9.17) is 9.73 Å². The second-order valence-electron chi connectivity index (χ2n) is 8.02. The van der Waals surface area contributed by atoms with E-state index >= 15 is 0 Å². The predicted octanol–water partition coefficient (Wildman–Crippen LogP) is 3.94. The van der Waals surface area contributed by atoms with E-state index in [0.29, 0.717) is 19.1 Å². The lowest BCUT2D eigenvalue weighted by molar-refractivity contribution is -0.135. The first-order valence-corrected chi connectivity index (χ1v) is 11.2. The number of aliphatic imine (C=N–C) groups is 1. The molecule has 0 radical (unpaired) electrons. The minimum absolute atomic E-state index is 0. The summed E-state index contributed by atoms with van der Waals surface area (Å²) in [6, 6.07) is 8.33. The van der Waals surface area contributed by atoms with Gasteiger partial charge in [0.15, 0.2) is 5.96 Å². The van der Waals surface area contributed by atoms with Crippen molar-refractivity contribution in [3.63, 3.8) is 0 Å². The number of hydrogen-bond acceptors (Lipinski definition) is 3. The van der Waals surface area contributed by atoms with Gasteiger partial charge in [-0.3, -0.25) is 4.79 Å². The molecule has 1 aromatic carbocycles. The Hall–Kier alpha value is -1.51. The topological polar surface area (TPSA) is 66.0 Å². The molecule has 7 heteroatoms. The van der Waals surface area contributed by atoms with Crippen LogP contribution in [0.5, 0.6) is 5.75 Å². The molecule has 2 N–H and O–H groups in total. The quantitative estimate of drug-likeness (QED) is 0.320. The van der Waals surface area contributed by atoms with Gasteiger partial charge in [0, 0.05) is 31.6 Å². The standard InChI is InChI=1S/C23H36N4O2.HI/c1-3-24-23(25-16-18-9-8-12-21(15-18)29-4-2)26-20-13-14-27(17-20)22(28)19-10-6-5-7-11-19;/h8-9,12,15,19-20H,3-7,10-11,13-14,16-17H2,1-2H3,(H2,24,25,26);1H. The maximum atomic E-state index is 12.8. The molecule has 168 valence electrons. The summed E-state index contributed by atoms with van der Waals surface area (Å²) in [7, 11) is 0. The predicted molar refractivity (Wildman–Crippen MR) is 133 cm³/mol. The summed E-state index contributed by atoms with van der Waals surface area (Å²) in [6.07, 6.45) is 6.80. The van der Waals surface area contributed by atoms with Crippen LogP contribution in [0.4, 0.5) is 0 Å². The van der Waals surface area contributed by atoms with E-state index < -0.39 is 0 Å². The molecule has 0 bridgehead atoms. The number of benzene rings is 1. The summed E-state index contributed by atoms with van der Waals surface area (Å²) in [5.74, 6) is 2.31. The van der Waals surface area contributed by atoms with Gasteiger partial charge in [-0.25, -0.2) is 4.99 Å². The lowest BCUT2D eigenvalue weighted by Crippen LogP contribution is -2.45. The second-order valence-corrected chi connectivity index (χ2v) is 8.02. The molecule has 1 atom stereocenters. The van der Waals surface area contributed by atoms with Gasteiger partial charge in [0.25, 0.3) is 0 Å². The number of likely N-dealkylation sites (tertiary alicyclic amines) is 1. The van der Waals surface area contributed by atoms with Crippen LogP contribution in [-0.2, 0) is 11.3 Å². The smallest absolute Gasteiger partial charge is 0.225 e. The Morgan fingerprint density at radius 1 is 1.20 bits per heavy atom. The molecule has 1 aromatic rings. The Labute approximate surface area is 198 Å². The summed E-state index contributed by atoms with van der Waals surface area (Å²) in [4.78, 5) is 19.6. The molecule has 3 rings (SSSR count). The number of nitrogens with zero attached hydrogens (tertiary/aromatic N) is 2. The molecule has 1 saturated carbocycles. The SMILES string of the molecule is CCNC(=NCc1cccc(OCC)c1)NC1CCN(C(=O)C2CCCCC2)C1.I. The molecule has 1 amide bonds. The van der Waals surface area contributed by atoms with Gasteiger partial charge in [0.05, 0.1) is 13.2 Å². The van der Waals surface area contributed by atoms with E-state index in [-0.39, 0.29) is 35.9 Å². The fourth-order valence-corrected chi connectivity index (χ4v) is 4.27. The Bertz CT molecular complexity index is 692. The van der Waals surface area contributed by atoms with Crippen molar-refractivity contribution in [1.29, 1.82) is 0 Å². The molecule has 1 unspecified atom stereocenters. The average molecular weight is 528 g/mol. The van der Waals surface area contributed by atoms with Crippen LogP contribution in [-0.4, -0.2) is 49.0 Å². The largest absolute Gasteiger partial charge is 0.494 e. The summed E-state index contributed by atoms with van der Waals surface area (Å²) < 4.78 is 5.58. The van der Waals surface area contributed by atoms with Gasteiger partial charge in [-0.15, -0.1) is 24.0 Å². The lowest BCUT2D eigenvalue weighted by atomic mass is 9.88. The highest BCUT2D eigenvalue weighted by Gasteiger charge is 2.31. The first kappa shape index (κ1) is 24.8. The summed E-state index contributed by atoms with van der Waals surface area (Å²) in [6.45, 7) is 7.75. The van der Waals surface area contributed by atoms with Crippen LogP contribution in [0.1, 0.15) is 57.9 Å². The first-order chi connectivity index (χ1) is 14.2. The highest BCUT2D eigenvalue weighted by atomic mass is 127. The third-order valence-corrected chi connectivity index (χ3v) is 5.77. The number of carbonyl (C=O) groups is 1. The van der Waals surface area contributed by atoms with E-state index in [1.807, 2.05) is 25.1 Å². The molecule has 1 heterocycles. The third-order valence-electron chi connectivity index (χ3n) is 5.77. The van der Waals surface area contributed by atoms with Gasteiger partial charge < -0.3 is 20.3 Å². The molecular formula is C23H37IN4O2. The Kier molecular flexibility index (Phi) is 10.7. The molecule has 2 fully saturated rings. The zero-order valence-electron chi connectivity index (χ0n) is 18.4. The normalized spacial score (nSPS) is 19.9. The van der Waals surface area contributed by atoms with E-state index in [0.717, 1.165) is 56.2 Å². The number of nitrogens with one attached hydrogen (secondary N) is 2. The molecular weight excluding hydrogens is 491 g/mol. The van der Waals surface area contributed by atoms with Gasteiger partial charge in [0.2, 0.25) is 5.91 Å². The zero-order valence-corrected chi connectivity index (χ0v) is 20.7. The average Bonchev–Trinajstić information content (AvgIpc) is 3.21. The van der Waals surface area contributed by atoms with Crippen molar-refractivity contribution in [3.05, 3.63) is 29.8 Å². The van der Waals surface area contributed by atoms with E-state index in [9.17, 15) is 4.79 Å². The van der Waals surface area contributed by atoms with E-state index in [2.05, 4.69) is 28.5 Å². The number of amides is 1. The van der Waals surface area contributed by atoms with Crippen molar-refractivity contribution < 1.29 is 9.53 Å². The van der Waals surface area contributed by atoms with Crippen LogP contribution in [0.25, 0.3) is 0 Å². The van der Waals surface area contributed by atoms with Crippen molar-refractivity contribution in [2.75, 3.05) is 26.2 Å². The highest BCUT2D eigenvalue weighted by Crippen LogP contribution is 2.26. The number of guanidine groups is 1. The lowest BCUT2D eigenvalue weighted by Gasteiger charge is -2.26. The van der Waals surface area contributed by atoms with Gasteiger partial charge in [-0.2, -0.15) is 0 Å². The molecule has 1 aliphatic carbocycles. The van der Waals surface area contributed by atoms with Crippen LogP contribution in [0.15, 0.2) is 29.3 Å². The van der Waals surface area contributed by atoms with Crippen molar-refractivity contribution in [1.82, 2.24) is 15.5 Å². The minimum atomic E-state index is 0. The van der Waals surface area contributed by atoms with Gasteiger partial charge in [-0.1, -0.05) is 31.4 Å². The fraction of sp³-hybridized carbons (Fsp3) is 0.652. The minimum Gasteiger partial charge on any atom is -0.494 e. The Morgan fingerprint density at radius 3 is 2.73 bits per heavy atom. The number of hydrogen-bond donors (Lipinski definition) is 2. The fourth-order valence-electron chi connectivity index (χ4n) is 4.27. The summed E-state index contributed by atoms with van der Waals surface area (Å²) in [5.41, 5.74) is 1.12. The zero-order chi connectivity index (χ0) is 20.5. The molecule has 0 aromatic heterocycles. The third kappa shape index (κ3) is 7.32. The molecule has 30 heavy (non-hydrogen) atoms. The van der Waals surface area contributed by atoms with Crippen LogP contribution in [0.2, 0.25) is 0 Å². The van der Waals surface area contributed by atoms with Crippen molar-refractivity contribution >= 4 is 35.8 Å². The number of halogens is 1. The molecule has 2 aliphatic rings. The number of ether oxygens (including phenoxy) is 1. The monoisotopic (exact) mass is 528 g/mol. The number of rotatable bonds is 7. The Balaban J connectivity index is 0.00000320. The van der Waals surface area contributed by atoms with Crippen molar-refractivity contribution in [2.45, 2.75) is 65.0 Å². The Morgan fingerprint density at radius 2 is 2.00 bits per heavy atom. The molecule has 1 saturated heterocycles. The molecule has 6 nitrogen and oxygen atoms in total. The van der Waals surface area contributed by atoms with Crippen molar-refractivity contribution in [2.24, 2.45) is 10.9 Å². The van der Waals surface area contributed by atoms with Crippen LogP contribution < -0.4 is 15.4 Å². The van der Waals surface area contributed by atoms with Gasteiger partial charge in [0.1, 0.15) is 5.75 Å². The van der Waals surface area contributed by atoms with Gasteiger partial charge >= 0.3 is 0 Å². The first-order valence-electron chi connectivity index (χ1n) is 11.2. The van der Waals surface area contributed by atoms with Crippen LogP contribution >= 0.6 is 24.0 Å². The van der Waals surface area contributed by atoms with Crippen molar-refractivity contribution in [3.8, 4) is 5.75 Å². The second kappa shape index (κ2) is 13.0. The van der Waals surface area contributed by atoms with E-state index in [1.54, 1.807) is 0 Å². The van der Waals surface area contributed by atoms with Crippen LogP contribution in [0, 0.1) is 5.92 Å². The summed E-state index contributed by atoms with van der Waals surface area (Å²) >= 11 is 0. The molecule has 1 aliphatic heterocycles. The molecule has 0 spiro atoms. The maximum Gasteiger partial charge on any atom is 0.225 e. The number of carbonyl (C=O) groups excluding carboxylic acids is 1. The van der Waals surface area contributed by atoms with E-state index in [1.165, 1.54) is 19.3 Å². The van der Waals surface area contributed by atoms with Gasteiger partial charge in [-0.05, 0) is 50.8 Å². The highest BCUT2D eigenvalue weighted by molar-refractivity contribution is 14.0. The van der Waals surface area contributed by atoms with Crippen LogP contribution in [0.3, 0.4) is 0 Å². The maximum absolute atomic E-state index is 12.8.